The van der Waals surface area contributed by atoms with Gasteiger partial charge in [0.15, 0.2) is 0 Å². The second kappa shape index (κ2) is 3.70. The van der Waals surface area contributed by atoms with E-state index >= 15 is 0 Å². The lowest BCUT2D eigenvalue weighted by Crippen LogP contribution is -2.31. The van der Waals surface area contributed by atoms with Crippen LogP contribution in [0, 0.1) is 5.92 Å². The molecule has 2 aromatic heterocycles. The standard InChI is InChI=1S/C12H15N3S/c1-8(9-3-4-9)15(2)11-10-5-6-16-12(10)14-7-13-11/h5-9H,3-4H2,1-2H3/t8-/m1/s1. The Morgan fingerprint density at radius 2 is 2.25 bits per heavy atom. The summed E-state index contributed by atoms with van der Waals surface area (Å²) in [6.07, 6.45) is 4.40. The molecule has 1 aliphatic rings. The van der Waals surface area contributed by atoms with Crippen LogP contribution in [0.2, 0.25) is 0 Å². The fourth-order valence-corrected chi connectivity index (χ4v) is 2.87. The minimum atomic E-state index is 0.581. The van der Waals surface area contributed by atoms with Crippen molar-refractivity contribution < 1.29 is 0 Å². The van der Waals surface area contributed by atoms with Gasteiger partial charge in [-0.15, -0.1) is 11.3 Å². The van der Waals surface area contributed by atoms with Crippen LogP contribution < -0.4 is 4.90 Å². The summed E-state index contributed by atoms with van der Waals surface area (Å²) < 4.78 is 0. The van der Waals surface area contributed by atoms with Crippen LogP contribution in [0.3, 0.4) is 0 Å². The largest absolute Gasteiger partial charge is 0.356 e. The zero-order valence-corrected chi connectivity index (χ0v) is 10.4. The Balaban J connectivity index is 2.00. The molecule has 1 saturated carbocycles. The third-order valence-corrected chi connectivity index (χ3v) is 4.31. The van der Waals surface area contributed by atoms with Crippen molar-refractivity contribution in [3.05, 3.63) is 17.8 Å². The number of hydrogen-bond donors (Lipinski definition) is 0. The smallest absolute Gasteiger partial charge is 0.140 e. The van der Waals surface area contributed by atoms with Crippen molar-refractivity contribution in [3.8, 4) is 0 Å². The van der Waals surface area contributed by atoms with Gasteiger partial charge in [0.2, 0.25) is 0 Å². The highest BCUT2D eigenvalue weighted by Gasteiger charge is 2.31. The molecular formula is C12H15N3S. The second-order valence-electron chi connectivity index (χ2n) is 4.53. The minimum Gasteiger partial charge on any atom is -0.356 e. The molecule has 84 valence electrons. The van der Waals surface area contributed by atoms with E-state index in [9.17, 15) is 0 Å². The maximum absolute atomic E-state index is 4.43. The van der Waals surface area contributed by atoms with E-state index < -0.39 is 0 Å². The third kappa shape index (κ3) is 1.57. The Hall–Kier alpha value is -1.16. The van der Waals surface area contributed by atoms with E-state index in [0.29, 0.717) is 6.04 Å². The van der Waals surface area contributed by atoms with Crippen molar-refractivity contribution in [1.29, 1.82) is 0 Å². The highest BCUT2D eigenvalue weighted by atomic mass is 32.1. The van der Waals surface area contributed by atoms with Gasteiger partial charge in [-0.25, -0.2) is 9.97 Å². The molecule has 0 aromatic carbocycles. The maximum Gasteiger partial charge on any atom is 0.140 e. The molecule has 3 rings (SSSR count). The fourth-order valence-electron chi connectivity index (χ4n) is 2.15. The van der Waals surface area contributed by atoms with Gasteiger partial charge in [0.1, 0.15) is 17.0 Å². The summed E-state index contributed by atoms with van der Waals surface area (Å²) >= 11 is 1.68. The van der Waals surface area contributed by atoms with Gasteiger partial charge in [0, 0.05) is 13.1 Å². The van der Waals surface area contributed by atoms with Gasteiger partial charge < -0.3 is 4.90 Å². The first-order valence-corrected chi connectivity index (χ1v) is 6.56. The lowest BCUT2D eigenvalue weighted by Gasteiger charge is -2.26. The van der Waals surface area contributed by atoms with Crippen molar-refractivity contribution in [1.82, 2.24) is 9.97 Å². The van der Waals surface area contributed by atoms with Gasteiger partial charge in [-0.2, -0.15) is 0 Å². The third-order valence-electron chi connectivity index (χ3n) is 3.49. The molecule has 0 radical (unpaired) electrons. The fraction of sp³-hybridized carbons (Fsp3) is 0.500. The predicted molar refractivity (Wildman–Crippen MR) is 68.0 cm³/mol. The molecule has 0 N–H and O–H groups in total. The van der Waals surface area contributed by atoms with E-state index in [1.807, 2.05) is 0 Å². The number of thiophene rings is 1. The van der Waals surface area contributed by atoms with Crippen LogP contribution >= 0.6 is 11.3 Å². The number of anilines is 1. The molecule has 2 aromatic rings. The molecule has 0 amide bonds. The summed E-state index contributed by atoms with van der Waals surface area (Å²) in [4.78, 5) is 12.1. The number of fused-ring (bicyclic) bond motifs is 1. The average molecular weight is 233 g/mol. The van der Waals surface area contributed by atoms with E-state index in [2.05, 4.69) is 40.3 Å². The molecule has 0 aliphatic heterocycles. The topological polar surface area (TPSA) is 29.0 Å². The second-order valence-corrected chi connectivity index (χ2v) is 5.42. The monoisotopic (exact) mass is 233 g/mol. The molecule has 1 atom stereocenters. The van der Waals surface area contributed by atoms with Crippen LogP contribution in [-0.2, 0) is 0 Å². The van der Waals surface area contributed by atoms with E-state index in [0.717, 1.165) is 16.6 Å². The molecular weight excluding hydrogens is 218 g/mol. The first-order chi connectivity index (χ1) is 7.77. The van der Waals surface area contributed by atoms with Crippen molar-refractivity contribution in [2.45, 2.75) is 25.8 Å². The van der Waals surface area contributed by atoms with Crippen molar-refractivity contribution >= 4 is 27.4 Å². The molecule has 3 nitrogen and oxygen atoms in total. The summed E-state index contributed by atoms with van der Waals surface area (Å²) in [6, 6.07) is 2.70. The van der Waals surface area contributed by atoms with Gasteiger partial charge in [-0.05, 0) is 37.1 Å². The Kier molecular flexibility index (Phi) is 2.32. The minimum absolute atomic E-state index is 0.581. The predicted octanol–water partition coefficient (Wildman–Crippen LogP) is 2.93. The lowest BCUT2D eigenvalue weighted by atomic mass is 10.2. The normalized spacial score (nSPS) is 17.6. The SMILES string of the molecule is C[C@H](C1CC1)N(C)c1ncnc2sccc12. The van der Waals surface area contributed by atoms with Crippen LogP contribution in [0.4, 0.5) is 5.82 Å². The van der Waals surface area contributed by atoms with E-state index in [1.54, 1.807) is 17.7 Å². The number of aromatic nitrogens is 2. The molecule has 1 aliphatic carbocycles. The molecule has 0 spiro atoms. The number of hydrogen-bond acceptors (Lipinski definition) is 4. The van der Waals surface area contributed by atoms with E-state index in [-0.39, 0.29) is 0 Å². The Bertz CT molecular complexity index is 504. The van der Waals surface area contributed by atoms with Gasteiger partial charge in [-0.3, -0.25) is 0 Å². The van der Waals surface area contributed by atoms with Crippen LogP contribution in [0.1, 0.15) is 19.8 Å². The van der Waals surface area contributed by atoms with Crippen LogP contribution in [0.15, 0.2) is 17.8 Å². The zero-order chi connectivity index (χ0) is 11.1. The summed E-state index contributed by atoms with van der Waals surface area (Å²) in [5, 5.41) is 3.26. The molecule has 0 bridgehead atoms. The summed E-state index contributed by atoms with van der Waals surface area (Å²) in [5.41, 5.74) is 0. The molecule has 4 heteroatoms. The summed E-state index contributed by atoms with van der Waals surface area (Å²) in [7, 11) is 2.14. The quantitative estimate of drug-likeness (QED) is 0.816. The molecule has 16 heavy (non-hydrogen) atoms. The summed E-state index contributed by atoms with van der Waals surface area (Å²) in [5.74, 6) is 1.93. The first-order valence-electron chi connectivity index (χ1n) is 5.68. The summed E-state index contributed by atoms with van der Waals surface area (Å²) in [6.45, 7) is 2.29. The highest BCUT2D eigenvalue weighted by Crippen LogP contribution is 2.37. The van der Waals surface area contributed by atoms with E-state index in [4.69, 9.17) is 0 Å². The van der Waals surface area contributed by atoms with Gasteiger partial charge in [0.05, 0.1) is 5.39 Å². The van der Waals surface area contributed by atoms with Gasteiger partial charge >= 0.3 is 0 Å². The number of rotatable bonds is 3. The van der Waals surface area contributed by atoms with Crippen LogP contribution in [0.5, 0.6) is 0 Å². The van der Waals surface area contributed by atoms with Gasteiger partial charge in [-0.1, -0.05) is 0 Å². The van der Waals surface area contributed by atoms with E-state index in [1.165, 1.54) is 18.2 Å². The first kappa shape index (κ1) is 10.0. The Morgan fingerprint density at radius 3 is 3.00 bits per heavy atom. The molecule has 0 saturated heterocycles. The maximum atomic E-state index is 4.43. The average Bonchev–Trinajstić information content (AvgIpc) is 3.04. The lowest BCUT2D eigenvalue weighted by molar-refractivity contribution is 0.605. The highest BCUT2D eigenvalue weighted by molar-refractivity contribution is 7.16. The number of nitrogens with zero attached hydrogens (tertiary/aromatic N) is 3. The Labute approximate surface area is 99.1 Å². The van der Waals surface area contributed by atoms with Crippen molar-refractivity contribution in [2.75, 3.05) is 11.9 Å². The van der Waals surface area contributed by atoms with Crippen LogP contribution in [0.25, 0.3) is 10.2 Å². The zero-order valence-electron chi connectivity index (χ0n) is 9.55. The molecule has 2 heterocycles. The Morgan fingerprint density at radius 1 is 1.44 bits per heavy atom. The van der Waals surface area contributed by atoms with Gasteiger partial charge in [0.25, 0.3) is 0 Å². The van der Waals surface area contributed by atoms with Crippen molar-refractivity contribution in [2.24, 2.45) is 5.92 Å². The van der Waals surface area contributed by atoms with Crippen molar-refractivity contribution in [3.63, 3.8) is 0 Å². The van der Waals surface area contributed by atoms with Crippen LogP contribution in [-0.4, -0.2) is 23.1 Å². The molecule has 0 unspecified atom stereocenters. The molecule has 1 fully saturated rings.